The number of methoxy groups -OCH3 is 1. The SMILES string of the molecule is CN=C(NCc1cc(OC)ccc1O)NCC1CCCOC1C(C)(C)C.I. The molecule has 3 N–H and O–H groups in total. The highest BCUT2D eigenvalue weighted by molar-refractivity contribution is 14.0. The van der Waals surface area contributed by atoms with Crippen LogP contribution in [-0.4, -0.2) is 44.5 Å². The molecule has 7 heteroatoms. The molecule has 2 atom stereocenters. The molecule has 1 aromatic carbocycles. The minimum absolute atomic E-state index is 0. The van der Waals surface area contributed by atoms with Crippen molar-refractivity contribution in [1.82, 2.24) is 10.6 Å². The number of phenolic OH excluding ortho intramolecular Hbond substituents is 1. The maximum absolute atomic E-state index is 10.0. The summed E-state index contributed by atoms with van der Waals surface area (Å²) in [6.07, 6.45) is 2.50. The largest absolute Gasteiger partial charge is 0.508 e. The summed E-state index contributed by atoms with van der Waals surface area (Å²) in [5.74, 6) is 2.12. The van der Waals surface area contributed by atoms with Crippen LogP contribution < -0.4 is 15.4 Å². The summed E-state index contributed by atoms with van der Waals surface area (Å²) < 4.78 is 11.3. The number of rotatable bonds is 5. The van der Waals surface area contributed by atoms with Gasteiger partial charge < -0.3 is 25.2 Å². The molecule has 0 amide bonds. The Morgan fingerprint density at radius 1 is 1.33 bits per heavy atom. The molecule has 2 unspecified atom stereocenters. The molecule has 1 aromatic rings. The molecule has 6 nitrogen and oxygen atoms in total. The summed E-state index contributed by atoms with van der Waals surface area (Å²) in [5, 5.41) is 16.7. The van der Waals surface area contributed by atoms with Gasteiger partial charge in [0.1, 0.15) is 11.5 Å². The molecule has 1 fully saturated rings. The van der Waals surface area contributed by atoms with E-state index in [4.69, 9.17) is 9.47 Å². The fourth-order valence-corrected chi connectivity index (χ4v) is 3.47. The van der Waals surface area contributed by atoms with E-state index >= 15 is 0 Å². The van der Waals surface area contributed by atoms with E-state index in [2.05, 4.69) is 36.4 Å². The summed E-state index contributed by atoms with van der Waals surface area (Å²) >= 11 is 0. The lowest BCUT2D eigenvalue weighted by Gasteiger charge is -2.40. The summed E-state index contributed by atoms with van der Waals surface area (Å²) in [5.41, 5.74) is 0.886. The summed E-state index contributed by atoms with van der Waals surface area (Å²) in [6, 6.07) is 5.20. The van der Waals surface area contributed by atoms with Gasteiger partial charge in [-0.3, -0.25) is 4.99 Å². The van der Waals surface area contributed by atoms with Gasteiger partial charge in [0.05, 0.1) is 13.2 Å². The first-order valence-electron chi connectivity index (χ1n) is 9.27. The van der Waals surface area contributed by atoms with Crippen LogP contribution >= 0.6 is 24.0 Å². The molecule has 1 aliphatic heterocycles. The zero-order chi connectivity index (χ0) is 19.2. The van der Waals surface area contributed by atoms with E-state index < -0.39 is 0 Å². The predicted molar refractivity (Wildman–Crippen MR) is 120 cm³/mol. The lowest BCUT2D eigenvalue weighted by atomic mass is 9.78. The van der Waals surface area contributed by atoms with Gasteiger partial charge in [-0.25, -0.2) is 0 Å². The molecule has 27 heavy (non-hydrogen) atoms. The molecule has 0 spiro atoms. The number of nitrogens with zero attached hydrogens (tertiary/aromatic N) is 1. The van der Waals surface area contributed by atoms with Crippen LogP contribution in [0.2, 0.25) is 0 Å². The van der Waals surface area contributed by atoms with Crippen molar-refractivity contribution in [3.63, 3.8) is 0 Å². The Balaban J connectivity index is 0.00000364. The van der Waals surface area contributed by atoms with Crippen LogP contribution in [0.25, 0.3) is 0 Å². The lowest BCUT2D eigenvalue weighted by molar-refractivity contribution is -0.0835. The predicted octanol–water partition coefficient (Wildman–Crippen LogP) is 3.53. The summed E-state index contributed by atoms with van der Waals surface area (Å²) in [4.78, 5) is 4.29. The maximum Gasteiger partial charge on any atom is 0.191 e. The van der Waals surface area contributed by atoms with E-state index in [1.165, 1.54) is 0 Å². The van der Waals surface area contributed by atoms with Crippen molar-refractivity contribution in [2.24, 2.45) is 16.3 Å². The van der Waals surface area contributed by atoms with Crippen LogP contribution in [-0.2, 0) is 11.3 Å². The number of hydrogen-bond donors (Lipinski definition) is 3. The second-order valence-electron chi connectivity index (χ2n) is 7.86. The summed E-state index contributed by atoms with van der Waals surface area (Å²) in [7, 11) is 3.36. The Hall–Kier alpha value is -1.22. The first-order chi connectivity index (χ1) is 12.3. The Bertz CT molecular complexity index is 617. The number of ether oxygens (including phenoxy) is 2. The molecule has 0 bridgehead atoms. The van der Waals surface area contributed by atoms with E-state index in [-0.39, 0.29) is 41.2 Å². The number of aliphatic imine (C=N–C) groups is 1. The molecule has 0 saturated carbocycles. The Kier molecular flexibility index (Phi) is 9.66. The van der Waals surface area contributed by atoms with Crippen molar-refractivity contribution in [3.05, 3.63) is 23.8 Å². The molecule has 1 aliphatic rings. The molecule has 2 rings (SSSR count). The first kappa shape index (κ1) is 23.8. The van der Waals surface area contributed by atoms with E-state index in [1.807, 2.05) is 6.07 Å². The van der Waals surface area contributed by atoms with Crippen molar-refractivity contribution in [1.29, 1.82) is 0 Å². The van der Waals surface area contributed by atoms with Crippen LogP contribution in [0.5, 0.6) is 11.5 Å². The number of benzene rings is 1. The van der Waals surface area contributed by atoms with E-state index in [0.717, 1.165) is 37.3 Å². The van der Waals surface area contributed by atoms with Crippen LogP contribution in [0.4, 0.5) is 0 Å². The second kappa shape index (κ2) is 10.9. The number of guanidine groups is 1. The molecule has 0 radical (unpaired) electrons. The van der Waals surface area contributed by atoms with Gasteiger partial charge in [-0.05, 0) is 36.5 Å². The fourth-order valence-electron chi connectivity index (χ4n) is 3.47. The molecule has 1 heterocycles. The monoisotopic (exact) mass is 491 g/mol. The molecular formula is C20H34IN3O3. The van der Waals surface area contributed by atoms with Gasteiger partial charge in [0.15, 0.2) is 5.96 Å². The van der Waals surface area contributed by atoms with Gasteiger partial charge in [-0.15, -0.1) is 24.0 Å². The number of hydrogen-bond acceptors (Lipinski definition) is 4. The standard InChI is InChI=1S/C20H33N3O3.HI/c1-20(2,3)18-14(7-6-10-26-18)12-22-19(21-4)23-13-15-11-16(25-5)8-9-17(15)24;/h8-9,11,14,18,24H,6-7,10,12-13H2,1-5H3,(H2,21,22,23);1H. The summed E-state index contributed by atoms with van der Waals surface area (Å²) in [6.45, 7) is 8.82. The maximum atomic E-state index is 10.0. The Labute approximate surface area is 180 Å². The topological polar surface area (TPSA) is 75.1 Å². The normalized spacial score (nSPS) is 20.6. The lowest BCUT2D eigenvalue weighted by Crippen LogP contribution is -2.47. The van der Waals surface area contributed by atoms with Crippen molar-refractivity contribution < 1.29 is 14.6 Å². The van der Waals surface area contributed by atoms with E-state index in [1.54, 1.807) is 26.3 Å². The number of halogens is 1. The average molecular weight is 491 g/mol. The van der Waals surface area contributed by atoms with Gasteiger partial charge in [0, 0.05) is 38.2 Å². The van der Waals surface area contributed by atoms with Gasteiger partial charge >= 0.3 is 0 Å². The first-order valence-corrected chi connectivity index (χ1v) is 9.27. The number of nitrogens with one attached hydrogen (secondary N) is 2. The van der Waals surface area contributed by atoms with Crippen LogP contribution in [0.15, 0.2) is 23.2 Å². The van der Waals surface area contributed by atoms with Gasteiger partial charge in [-0.1, -0.05) is 20.8 Å². The van der Waals surface area contributed by atoms with E-state index in [0.29, 0.717) is 18.4 Å². The van der Waals surface area contributed by atoms with E-state index in [9.17, 15) is 5.11 Å². The molecule has 1 saturated heterocycles. The zero-order valence-corrected chi connectivity index (χ0v) is 19.4. The van der Waals surface area contributed by atoms with Gasteiger partial charge in [0.25, 0.3) is 0 Å². The van der Waals surface area contributed by atoms with Crippen LogP contribution in [0, 0.1) is 11.3 Å². The van der Waals surface area contributed by atoms with Crippen molar-refractivity contribution in [3.8, 4) is 11.5 Å². The third kappa shape index (κ3) is 7.03. The molecule has 154 valence electrons. The zero-order valence-electron chi connectivity index (χ0n) is 17.0. The van der Waals surface area contributed by atoms with Crippen molar-refractivity contribution in [2.45, 2.75) is 46.3 Å². The Morgan fingerprint density at radius 2 is 2.07 bits per heavy atom. The molecule has 0 aromatic heterocycles. The number of phenols is 1. The number of aromatic hydroxyl groups is 1. The second-order valence-corrected chi connectivity index (χ2v) is 7.86. The van der Waals surface area contributed by atoms with Crippen molar-refractivity contribution >= 4 is 29.9 Å². The van der Waals surface area contributed by atoms with Gasteiger partial charge in [-0.2, -0.15) is 0 Å². The van der Waals surface area contributed by atoms with Crippen LogP contribution in [0.3, 0.4) is 0 Å². The minimum atomic E-state index is 0. The third-order valence-electron chi connectivity index (χ3n) is 4.79. The highest BCUT2D eigenvalue weighted by atomic mass is 127. The van der Waals surface area contributed by atoms with Gasteiger partial charge in [0.2, 0.25) is 0 Å². The van der Waals surface area contributed by atoms with Crippen LogP contribution in [0.1, 0.15) is 39.2 Å². The van der Waals surface area contributed by atoms with Crippen molar-refractivity contribution in [2.75, 3.05) is 27.3 Å². The quantitative estimate of drug-likeness (QED) is 0.334. The molecular weight excluding hydrogens is 457 g/mol. The molecule has 0 aliphatic carbocycles. The smallest absolute Gasteiger partial charge is 0.191 e. The highest BCUT2D eigenvalue weighted by Crippen LogP contribution is 2.33. The fraction of sp³-hybridized carbons (Fsp3) is 0.650. The third-order valence-corrected chi connectivity index (χ3v) is 4.79. The Morgan fingerprint density at radius 3 is 2.70 bits per heavy atom. The minimum Gasteiger partial charge on any atom is -0.508 e. The average Bonchev–Trinajstić information content (AvgIpc) is 2.62. The highest BCUT2D eigenvalue weighted by Gasteiger charge is 2.35.